The number of nitrogens with zero attached hydrogens (tertiary/aromatic N) is 4. The Labute approximate surface area is 199 Å². The molecule has 0 spiro atoms. The van der Waals surface area contributed by atoms with Crippen molar-refractivity contribution in [2.45, 2.75) is 33.0 Å². The highest BCUT2D eigenvalue weighted by atomic mass is 16.2. The molecule has 0 aliphatic carbocycles. The molecule has 10 nitrogen and oxygen atoms in total. The lowest BCUT2D eigenvalue weighted by atomic mass is 10.0. The highest BCUT2D eigenvalue weighted by Gasteiger charge is 2.38. The number of carbonyl (C=O) groups excluding carboxylic acids is 1. The van der Waals surface area contributed by atoms with Crippen LogP contribution in [-0.4, -0.2) is 58.1 Å². The maximum Gasteiger partial charge on any atom is 0.254 e. The van der Waals surface area contributed by atoms with Gasteiger partial charge in [-0.3, -0.25) is 15.5 Å². The standard InChI is InChI=1S/C24H31N9O/c1-4-15(2)7-18(9-25)29-24-28-10-17-11-32(14-22(17)30-24)19-12-33(13-19)23(34)16-5-6-20(27-3)21(8-16)31-26/h4-10,19,25,27,31H,11-14,26H2,1-3H3,(H,28,29,30)/b15-4-,18-7+,25-9?. The first-order valence-corrected chi connectivity index (χ1v) is 11.2. The van der Waals surface area contributed by atoms with Crippen LogP contribution in [-0.2, 0) is 13.1 Å². The molecule has 3 heterocycles. The van der Waals surface area contributed by atoms with E-state index < -0.39 is 0 Å². The van der Waals surface area contributed by atoms with Gasteiger partial charge in [0, 0.05) is 62.8 Å². The molecule has 0 bridgehead atoms. The van der Waals surface area contributed by atoms with Gasteiger partial charge in [-0.25, -0.2) is 9.97 Å². The molecule has 1 amide bonds. The minimum absolute atomic E-state index is 0.000718. The minimum Gasteiger partial charge on any atom is -0.386 e. The first kappa shape index (κ1) is 23.4. The van der Waals surface area contributed by atoms with Gasteiger partial charge in [-0.15, -0.1) is 0 Å². The Hall–Kier alpha value is -3.76. The summed E-state index contributed by atoms with van der Waals surface area (Å²) in [7, 11) is 1.81. The number of nitrogens with two attached hydrogens (primary N) is 1. The molecule has 2 aromatic rings. The smallest absolute Gasteiger partial charge is 0.254 e. The molecule has 0 atom stereocenters. The van der Waals surface area contributed by atoms with E-state index in [1.165, 1.54) is 6.21 Å². The maximum atomic E-state index is 12.9. The Kier molecular flexibility index (Phi) is 6.90. The van der Waals surface area contributed by atoms with Gasteiger partial charge in [-0.05, 0) is 38.1 Å². The lowest BCUT2D eigenvalue weighted by Crippen LogP contribution is -2.59. The molecule has 2 aliphatic rings. The van der Waals surface area contributed by atoms with Gasteiger partial charge in [-0.1, -0.05) is 11.6 Å². The summed E-state index contributed by atoms with van der Waals surface area (Å²) < 4.78 is 0. The largest absolute Gasteiger partial charge is 0.386 e. The summed E-state index contributed by atoms with van der Waals surface area (Å²) in [5.74, 6) is 6.07. The van der Waals surface area contributed by atoms with Gasteiger partial charge in [0.15, 0.2) is 0 Å². The maximum absolute atomic E-state index is 12.9. The molecular weight excluding hydrogens is 430 g/mol. The van der Waals surface area contributed by atoms with Crippen LogP contribution < -0.4 is 21.9 Å². The number of nitrogens with one attached hydrogen (secondary N) is 4. The van der Waals surface area contributed by atoms with Crippen LogP contribution in [0.5, 0.6) is 0 Å². The predicted octanol–water partition coefficient (Wildman–Crippen LogP) is 2.56. The quantitative estimate of drug-likeness (QED) is 0.175. The van der Waals surface area contributed by atoms with Crippen molar-refractivity contribution in [3.63, 3.8) is 0 Å². The Balaban J connectivity index is 1.36. The number of amides is 1. The van der Waals surface area contributed by atoms with Gasteiger partial charge < -0.3 is 26.4 Å². The first-order chi connectivity index (χ1) is 16.4. The minimum atomic E-state index is 0.000718. The van der Waals surface area contributed by atoms with E-state index >= 15 is 0 Å². The molecule has 1 fully saturated rings. The average molecular weight is 462 g/mol. The van der Waals surface area contributed by atoms with E-state index in [-0.39, 0.29) is 11.9 Å². The SMILES string of the molecule is C/C=C(C)\C=C(/C=N)Nc1ncc2c(n1)CN(C1CN(C(=O)c3ccc(NC)c(NN)c3)C1)C2. The molecule has 34 heavy (non-hydrogen) atoms. The van der Waals surface area contributed by atoms with Crippen molar-refractivity contribution >= 4 is 29.4 Å². The number of fused-ring (bicyclic) bond motifs is 1. The third-order valence-electron chi connectivity index (χ3n) is 6.29. The molecule has 0 saturated carbocycles. The Bertz CT molecular complexity index is 1150. The molecule has 10 heteroatoms. The number of hydrogen-bond acceptors (Lipinski definition) is 9. The van der Waals surface area contributed by atoms with Gasteiger partial charge in [-0.2, -0.15) is 0 Å². The van der Waals surface area contributed by atoms with Crippen LogP contribution in [0, 0.1) is 5.41 Å². The summed E-state index contributed by atoms with van der Waals surface area (Å²) in [6.45, 7) is 6.77. The van der Waals surface area contributed by atoms with E-state index in [1.807, 2.05) is 56.3 Å². The second-order valence-corrected chi connectivity index (χ2v) is 8.49. The van der Waals surface area contributed by atoms with E-state index in [0.29, 0.717) is 36.0 Å². The van der Waals surface area contributed by atoms with Crippen molar-refractivity contribution in [3.8, 4) is 0 Å². The fourth-order valence-corrected chi connectivity index (χ4v) is 4.12. The zero-order valence-corrected chi connectivity index (χ0v) is 19.7. The fourth-order valence-electron chi connectivity index (χ4n) is 4.12. The van der Waals surface area contributed by atoms with E-state index in [2.05, 4.69) is 30.9 Å². The molecule has 2 aliphatic heterocycles. The highest BCUT2D eigenvalue weighted by Crippen LogP contribution is 2.29. The second kappa shape index (κ2) is 10.0. The first-order valence-electron chi connectivity index (χ1n) is 11.2. The lowest BCUT2D eigenvalue weighted by molar-refractivity contribution is 0.0249. The predicted molar refractivity (Wildman–Crippen MR) is 135 cm³/mol. The Morgan fingerprint density at radius 3 is 2.74 bits per heavy atom. The third kappa shape index (κ3) is 4.78. The van der Waals surface area contributed by atoms with Crippen LogP contribution in [0.15, 0.2) is 47.8 Å². The zero-order valence-electron chi connectivity index (χ0n) is 19.7. The average Bonchev–Trinajstić information content (AvgIpc) is 3.24. The molecule has 1 saturated heterocycles. The normalized spacial score (nSPS) is 16.6. The van der Waals surface area contributed by atoms with Crippen molar-refractivity contribution in [2.24, 2.45) is 5.84 Å². The number of aromatic nitrogens is 2. The van der Waals surface area contributed by atoms with Crippen LogP contribution in [0.3, 0.4) is 0 Å². The van der Waals surface area contributed by atoms with Gasteiger partial charge in [0.25, 0.3) is 5.91 Å². The van der Waals surface area contributed by atoms with Crippen LogP contribution >= 0.6 is 0 Å². The third-order valence-corrected chi connectivity index (χ3v) is 6.29. The molecule has 178 valence electrons. The second-order valence-electron chi connectivity index (χ2n) is 8.49. The summed E-state index contributed by atoms with van der Waals surface area (Å²) in [4.78, 5) is 26.2. The molecule has 4 rings (SSSR count). The molecule has 0 radical (unpaired) electrons. The van der Waals surface area contributed by atoms with Crippen LogP contribution in [0.25, 0.3) is 0 Å². The number of benzene rings is 1. The molecule has 1 aromatic heterocycles. The number of carbonyl (C=O) groups is 1. The molecular formula is C24H31N9O. The number of hydrogen-bond donors (Lipinski definition) is 5. The van der Waals surface area contributed by atoms with Gasteiger partial charge in [0.05, 0.1) is 22.8 Å². The molecule has 6 N–H and O–H groups in total. The summed E-state index contributed by atoms with van der Waals surface area (Å²) in [5.41, 5.74) is 8.54. The van der Waals surface area contributed by atoms with Crippen LogP contribution in [0.1, 0.15) is 35.5 Å². The van der Waals surface area contributed by atoms with Crippen molar-refractivity contribution < 1.29 is 4.79 Å². The van der Waals surface area contributed by atoms with Crippen LogP contribution in [0.2, 0.25) is 0 Å². The Morgan fingerprint density at radius 2 is 2.06 bits per heavy atom. The van der Waals surface area contributed by atoms with Gasteiger partial charge >= 0.3 is 0 Å². The number of likely N-dealkylation sites (tertiary alicyclic amines) is 1. The summed E-state index contributed by atoms with van der Waals surface area (Å²) in [5, 5.41) is 13.8. The van der Waals surface area contributed by atoms with Gasteiger partial charge in [0.2, 0.25) is 5.95 Å². The van der Waals surface area contributed by atoms with E-state index in [9.17, 15) is 4.79 Å². The topological polar surface area (TPSA) is 135 Å². The van der Waals surface area contributed by atoms with E-state index in [1.54, 1.807) is 6.07 Å². The number of hydrazine groups is 1. The van der Waals surface area contributed by atoms with E-state index in [4.69, 9.17) is 11.3 Å². The molecule has 0 unspecified atom stereocenters. The summed E-state index contributed by atoms with van der Waals surface area (Å²) in [6.07, 6.45) is 6.97. The van der Waals surface area contributed by atoms with Crippen molar-refractivity contribution in [1.82, 2.24) is 19.8 Å². The summed E-state index contributed by atoms with van der Waals surface area (Å²) in [6, 6.07) is 5.71. The number of anilines is 3. The fraction of sp³-hybridized carbons (Fsp3) is 0.333. The molecule has 1 aromatic carbocycles. The van der Waals surface area contributed by atoms with Crippen molar-refractivity contribution in [2.75, 3.05) is 36.2 Å². The summed E-state index contributed by atoms with van der Waals surface area (Å²) >= 11 is 0. The van der Waals surface area contributed by atoms with Crippen molar-refractivity contribution in [1.29, 1.82) is 5.41 Å². The number of nitrogen functional groups attached to an aromatic ring is 1. The van der Waals surface area contributed by atoms with Crippen molar-refractivity contribution in [3.05, 3.63) is 64.6 Å². The zero-order chi connectivity index (χ0) is 24.2. The Morgan fingerprint density at radius 1 is 1.26 bits per heavy atom. The number of allylic oxidation sites excluding steroid dienone is 4. The van der Waals surface area contributed by atoms with E-state index in [0.717, 1.165) is 35.6 Å². The van der Waals surface area contributed by atoms with Gasteiger partial charge in [0.1, 0.15) is 0 Å². The highest BCUT2D eigenvalue weighted by molar-refractivity contribution is 5.97. The monoisotopic (exact) mass is 461 g/mol. The lowest BCUT2D eigenvalue weighted by Gasteiger charge is -2.44. The number of rotatable bonds is 8. The van der Waals surface area contributed by atoms with Crippen LogP contribution in [0.4, 0.5) is 17.3 Å².